The van der Waals surface area contributed by atoms with Crippen molar-refractivity contribution < 1.29 is 30.9 Å². The maximum absolute atomic E-state index is 12.2. The summed E-state index contributed by atoms with van der Waals surface area (Å²) >= 11 is 0. The third-order valence-electron chi connectivity index (χ3n) is 2.51. The second-order valence-electron chi connectivity index (χ2n) is 4.05. The van der Waals surface area contributed by atoms with Crippen molar-refractivity contribution in [3.05, 3.63) is 11.7 Å². The Bertz CT molecular complexity index is 579. The van der Waals surface area contributed by atoms with Gasteiger partial charge in [0.05, 0.1) is 0 Å². The Hall–Kier alpha value is -1.45. The van der Waals surface area contributed by atoms with Gasteiger partial charge in [0.2, 0.25) is 11.7 Å². The molecule has 108 valence electrons. The number of sulfone groups is 1. The number of alkyl halides is 3. The predicted octanol–water partition coefficient (Wildman–Crippen LogP) is 1.41. The molecule has 6 nitrogen and oxygen atoms in total. The van der Waals surface area contributed by atoms with E-state index in [0.29, 0.717) is 0 Å². The fourth-order valence-corrected chi connectivity index (χ4v) is 1.62. The van der Waals surface area contributed by atoms with Crippen molar-refractivity contribution in [1.82, 2.24) is 10.1 Å². The molecule has 0 bridgehead atoms. The smallest absolute Gasteiger partial charge is 0.339 e. The predicted molar refractivity (Wildman–Crippen MR) is 57.0 cm³/mol. The van der Waals surface area contributed by atoms with Gasteiger partial charge < -0.3 is 4.52 Å². The highest BCUT2D eigenvalue weighted by atomic mass is 32.2. The first-order valence-electron chi connectivity index (χ1n) is 5.08. The third kappa shape index (κ3) is 3.52. The van der Waals surface area contributed by atoms with E-state index < -0.39 is 38.9 Å². The van der Waals surface area contributed by atoms with E-state index in [2.05, 4.69) is 14.7 Å². The van der Waals surface area contributed by atoms with Gasteiger partial charge in [-0.15, -0.1) is 0 Å². The number of hydrogen-bond acceptors (Lipinski definition) is 6. The Morgan fingerprint density at radius 1 is 1.32 bits per heavy atom. The van der Waals surface area contributed by atoms with Crippen LogP contribution < -0.4 is 0 Å². The van der Waals surface area contributed by atoms with Gasteiger partial charge in [-0.3, -0.25) is 4.79 Å². The number of rotatable bonds is 4. The van der Waals surface area contributed by atoms with Crippen molar-refractivity contribution in [2.45, 2.75) is 31.2 Å². The minimum atomic E-state index is -5.02. The highest BCUT2D eigenvalue weighted by Gasteiger charge is 2.44. The molecule has 1 aromatic heterocycles. The van der Waals surface area contributed by atoms with E-state index >= 15 is 0 Å². The lowest BCUT2D eigenvalue weighted by Gasteiger charge is -2.08. The molecule has 0 aromatic carbocycles. The number of halogens is 3. The number of aromatic nitrogens is 2. The molecule has 0 N–H and O–H groups in total. The Morgan fingerprint density at radius 3 is 2.26 bits per heavy atom. The third-order valence-corrected chi connectivity index (χ3v) is 4.00. The molecule has 2 atom stereocenters. The average molecular weight is 300 g/mol. The molecule has 0 aliphatic carbocycles. The molecule has 0 saturated heterocycles. The zero-order chi connectivity index (χ0) is 15.0. The molecule has 0 fully saturated rings. The van der Waals surface area contributed by atoms with E-state index in [1.807, 2.05) is 0 Å². The molecule has 0 radical (unpaired) electrons. The monoisotopic (exact) mass is 300 g/mol. The Kier molecular flexibility index (Phi) is 4.03. The number of carbonyl (C=O) groups excluding carboxylic acids is 1. The Morgan fingerprint density at radius 2 is 1.84 bits per heavy atom. The molecule has 0 aliphatic rings. The molecule has 0 amide bonds. The summed E-state index contributed by atoms with van der Waals surface area (Å²) in [4.78, 5) is 14.5. The zero-order valence-electron chi connectivity index (χ0n) is 10.2. The summed E-state index contributed by atoms with van der Waals surface area (Å²) in [5.41, 5.74) is 0. The molecule has 1 aromatic rings. The standard InChI is InChI=1S/C9H11F3N2O4S/c1-4(6(15)9(10,11)12)8-13-7(14-18-8)5(2)19(3,16)17/h4-5H,1-3H3. The van der Waals surface area contributed by atoms with Crippen molar-refractivity contribution >= 4 is 15.6 Å². The summed E-state index contributed by atoms with van der Waals surface area (Å²) in [7, 11) is -3.51. The van der Waals surface area contributed by atoms with E-state index in [9.17, 15) is 26.4 Å². The molecular weight excluding hydrogens is 289 g/mol. The Labute approximate surface area is 106 Å². The molecule has 1 heterocycles. The van der Waals surface area contributed by atoms with Crippen LogP contribution in [0.3, 0.4) is 0 Å². The maximum atomic E-state index is 12.2. The number of carbonyl (C=O) groups is 1. The lowest BCUT2D eigenvalue weighted by atomic mass is 10.1. The molecular formula is C9H11F3N2O4S. The summed E-state index contributed by atoms with van der Waals surface area (Å²) in [6.07, 6.45) is -4.09. The minimum absolute atomic E-state index is 0.278. The number of nitrogens with zero attached hydrogens (tertiary/aromatic N) is 2. The second kappa shape index (κ2) is 4.91. The Balaban J connectivity index is 3.01. The highest BCUT2D eigenvalue weighted by Crippen LogP contribution is 2.27. The van der Waals surface area contributed by atoms with Crippen LogP contribution in [0.15, 0.2) is 4.52 Å². The summed E-state index contributed by atoms with van der Waals surface area (Å²) < 4.78 is 63.6. The van der Waals surface area contributed by atoms with Gasteiger partial charge in [-0.25, -0.2) is 8.42 Å². The van der Waals surface area contributed by atoms with E-state index in [1.165, 1.54) is 6.92 Å². The van der Waals surface area contributed by atoms with Crippen molar-refractivity contribution in [3.63, 3.8) is 0 Å². The van der Waals surface area contributed by atoms with Crippen molar-refractivity contribution in [2.75, 3.05) is 6.26 Å². The van der Waals surface area contributed by atoms with Gasteiger partial charge in [0.25, 0.3) is 0 Å². The number of Topliss-reactive ketones (excluding diaryl/α,β-unsaturated/α-hetero) is 1. The van der Waals surface area contributed by atoms with E-state index in [-0.39, 0.29) is 5.82 Å². The van der Waals surface area contributed by atoms with E-state index in [1.54, 1.807) is 0 Å². The molecule has 0 aliphatic heterocycles. The van der Waals surface area contributed by atoms with Crippen LogP contribution in [-0.4, -0.2) is 36.8 Å². The molecule has 1 rings (SSSR count). The molecule has 0 spiro atoms. The van der Waals surface area contributed by atoms with Crippen LogP contribution in [0.25, 0.3) is 0 Å². The molecule has 2 unspecified atom stereocenters. The van der Waals surface area contributed by atoms with Crippen LogP contribution in [0.4, 0.5) is 13.2 Å². The van der Waals surface area contributed by atoms with Crippen molar-refractivity contribution in [3.8, 4) is 0 Å². The average Bonchev–Trinajstić information content (AvgIpc) is 2.72. The van der Waals surface area contributed by atoms with Gasteiger partial charge in [-0.2, -0.15) is 18.2 Å². The van der Waals surface area contributed by atoms with Crippen LogP contribution in [-0.2, 0) is 14.6 Å². The summed E-state index contributed by atoms with van der Waals surface area (Å²) in [5, 5.41) is 2.16. The topological polar surface area (TPSA) is 90.1 Å². The normalized spacial score (nSPS) is 16.1. The van der Waals surface area contributed by atoms with Crippen LogP contribution in [0.2, 0.25) is 0 Å². The maximum Gasteiger partial charge on any atom is 0.450 e. The van der Waals surface area contributed by atoms with Gasteiger partial charge in [0.15, 0.2) is 15.7 Å². The zero-order valence-corrected chi connectivity index (χ0v) is 11.0. The summed E-state index contributed by atoms with van der Waals surface area (Å²) in [6, 6.07) is 0. The van der Waals surface area contributed by atoms with Crippen LogP contribution in [0, 0.1) is 0 Å². The van der Waals surface area contributed by atoms with Crippen LogP contribution in [0.5, 0.6) is 0 Å². The van der Waals surface area contributed by atoms with Gasteiger partial charge in [0.1, 0.15) is 11.2 Å². The second-order valence-corrected chi connectivity index (χ2v) is 6.41. The van der Waals surface area contributed by atoms with E-state index in [4.69, 9.17) is 0 Å². The van der Waals surface area contributed by atoms with E-state index in [0.717, 1.165) is 13.2 Å². The highest BCUT2D eigenvalue weighted by molar-refractivity contribution is 7.90. The molecule has 0 saturated carbocycles. The van der Waals surface area contributed by atoms with Crippen molar-refractivity contribution in [1.29, 1.82) is 0 Å². The summed E-state index contributed by atoms with van der Waals surface area (Å²) in [5.74, 6) is -4.55. The number of ketones is 1. The largest absolute Gasteiger partial charge is 0.450 e. The quantitative estimate of drug-likeness (QED) is 0.835. The lowest BCUT2D eigenvalue weighted by Crippen LogP contribution is -2.27. The SMILES string of the molecule is CC(C(=O)C(F)(F)F)c1nc(C(C)S(C)(=O)=O)no1. The van der Waals surface area contributed by atoms with Crippen molar-refractivity contribution in [2.24, 2.45) is 0 Å². The minimum Gasteiger partial charge on any atom is -0.339 e. The van der Waals surface area contributed by atoms with Gasteiger partial charge >= 0.3 is 6.18 Å². The fraction of sp³-hybridized carbons (Fsp3) is 0.667. The van der Waals surface area contributed by atoms with Crippen LogP contribution in [0.1, 0.15) is 36.7 Å². The first-order valence-corrected chi connectivity index (χ1v) is 7.03. The van der Waals surface area contributed by atoms with Crippen LogP contribution >= 0.6 is 0 Å². The number of hydrogen-bond donors (Lipinski definition) is 0. The first-order chi connectivity index (χ1) is 8.44. The lowest BCUT2D eigenvalue weighted by molar-refractivity contribution is -0.172. The van der Waals surface area contributed by atoms with Gasteiger partial charge in [0, 0.05) is 6.26 Å². The van der Waals surface area contributed by atoms with Gasteiger partial charge in [-0.1, -0.05) is 5.16 Å². The van der Waals surface area contributed by atoms with Gasteiger partial charge in [-0.05, 0) is 13.8 Å². The first kappa shape index (κ1) is 15.6. The fourth-order valence-electron chi connectivity index (χ4n) is 1.14. The molecule has 19 heavy (non-hydrogen) atoms. The summed E-state index contributed by atoms with van der Waals surface area (Å²) in [6.45, 7) is 2.22. The molecule has 10 heteroatoms.